The number of halogens is 1. The van der Waals surface area contributed by atoms with Gasteiger partial charge in [0.1, 0.15) is 5.82 Å². The number of hydrogen-bond donors (Lipinski definition) is 0. The number of hydrogen-bond acceptors (Lipinski definition) is 6. The van der Waals surface area contributed by atoms with Crippen LogP contribution in [0.25, 0.3) is 6.08 Å². The molecule has 0 N–H and O–H groups in total. The van der Waals surface area contributed by atoms with Crippen LogP contribution in [0.4, 0.5) is 4.39 Å². The molecule has 1 aliphatic heterocycles. The van der Waals surface area contributed by atoms with Crippen LogP contribution in [0, 0.1) is 11.7 Å². The number of carbonyl (C=O) groups is 2. The highest BCUT2D eigenvalue weighted by Crippen LogP contribution is 2.40. The number of rotatable bonds is 9. The van der Waals surface area contributed by atoms with E-state index in [9.17, 15) is 14.0 Å². The Labute approximate surface area is 198 Å². The van der Waals surface area contributed by atoms with Gasteiger partial charge in [-0.2, -0.15) is 5.10 Å². The Morgan fingerprint density at radius 1 is 1.27 bits per heavy atom. The molecule has 6 nitrogen and oxygen atoms in total. The Bertz CT molecular complexity index is 1030. The Hall–Kier alpha value is -2.29. The van der Waals surface area contributed by atoms with Crippen molar-refractivity contribution < 1.29 is 18.7 Å². The summed E-state index contributed by atoms with van der Waals surface area (Å²) < 4.78 is 21.7. The maximum absolute atomic E-state index is 14.8. The van der Waals surface area contributed by atoms with E-state index in [1.165, 1.54) is 17.8 Å². The molecule has 176 valence electrons. The molecule has 33 heavy (non-hydrogen) atoms. The molecule has 2 fully saturated rings. The first-order valence-electron chi connectivity index (χ1n) is 11.4. The van der Waals surface area contributed by atoms with Crippen LogP contribution in [0.15, 0.2) is 42.1 Å². The lowest BCUT2D eigenvalue weighted by atomic mass is 9.93. The molecule has 1 aliphatic carbocycles. The number of likely N-dealkylation sites (tertiary alicyclic amines) is 1. The molecular weight excluding hydrogens is 441 g/mol. The highest BCUT2D eigenvalue weighted by atomic mass is 32.2. The molecule has 2 heterocycles. The van der Waals surface area contributed by atoms with Crippen LogP contribution in [-0.4, -0.2) is 57.6 Å². The molecule has 1 aromatic heterocycles. The topological polar surface area (TPSA) is 64.4 Å². The summed E-state index contributed by atoms with van der Waals surface area (Å²) in [5.41, 5.74) is 2.27. The summed E-state index contributed by atoms with van der Waals surface area (Å²) in [5.74, 6) is -0.233. The second-order valence-electron chi connectivity index (χ2n) is 8.67. The zero-order valence-electron chi connectivity index (χ0n) is 19.1. The first-order valence-corrected chi connectivity index (χ1v) is 12.3. The molecule has 0 radical (unpaired) electrons. The number of ether oxygens (including phenoxy) is 1. The van der Waals surface area contributed by atoms with Crippen LogP contribution in [-0.2, 0) is 20.9 Å². The fraction of sp³-hybridized carbons (Fsp3) is 0.480. The fourth-order valence-electron chi connectivity index (χ4n) is 4.35. The van der Waals surface area contributed by atoms with Gasteiger partial charge < -0.3 is 4.74 Å². The van der Waals surface area contributed by atoms with Gasteiger partial charge in [-0.3, -0.25) is 19.2 Å². The highest BCUT2D eigenvalue weighted by Gasteiger charge is 2.41. The number of nitrogens with zero attached hydrogens (tertiary/aromatic N) is 3. The van der Waals surface area contributed by atoms with Crippen LogP contribution < -0.4 is 0 Å². The van der Waals surface area contributed by atoms with E-state index in [1.54, 1.807) is 32.2 Å². The lowest BCUT2D eigenvalue weighted by Gasteiger charge is -2.38. The van der Waals surface area contributed by atoms with Crippen LogP contribution in [0.2, 0.25) is 0 Å². The zero-order chi connectivity index (χ0) is 23.4. The number of benzene rings is 1. The molecule has 2 unspecified atom stereocenters. The Morgan fingerprint density at radius 3 is 2.76 bits per heavy atom. The predicted octanol–water partition coefficient (Wildman–Crippen LogP) is 4.13. The second kappa shape index (κ2) is 10.8. The fourth-order valence-corrected chi connectivity index (χ4v) is 5.27. The van der Waals surface area contributed by atoms with Crippen molar-refractivity contribution in [3.63, 3.8) is 0 Å². The molecule has 1 saturated carbocycles. The van der Waals surface area contributed by atoms with E-state index >= 15 is 0 Å². The van der Waals surface area contributed by atoms with E-state index in [0.29, 0.717) is 38.2 Å². The molecule has 2 aromatic rings. The van der Waals surface area contributed by atoms with E-state index in [1.807, 2.05) is 23.0 Å². The number of ketones is 1. The van der Waals surface area contributed by atoms with E-state index in [2.05, 4.69) is 10.00 Å². The quantitative estimate of drug-likeness (QED) is 0.548. The lowest BCUT2D eigenvalue weighted by Crippen LogP contribution is -2.43. The molecule has 0 spiro atoms. The van der Waals surface area contributed by atoms with Gasteiger partial charge in [0.15, 0.2) is 10.9 Å². The lowest BCUT2D eigenvalue weighted by molar-refractivity contribution is -0.126. The van der Waals surface area contributed by atoms with Crippen LogP contribution in [0.1, 0.15) is 43.5 Å². The number of carbonyl (C=O) groups excluding carboxylic acids is 2. The Balaban J connectivity index is 1.62. The highest BCUT2D eigenvalue weighted by molar-refractivity contribution is 8.14. The SMILES string of the molecule is COCCn1ccc(C=C2CN(C(C(=O)C3CC3)c3ccccc3F)CCC2SC(C)=O)n1. The van der Waals surface area contributed by atoms with E-state index in [-0.39, 0.29) is 27.9 Å². The van der Waals surface area contributed by atoms with Gasteiger partial charge in [-0.15, -0.1) is 0 Å². The van der Waals surface area contributed by atoms with Gasteiger partial charge in [-0.05, 0) is 43.0 Å². The average Bonchev–Trinajstić information content (AvgIpc) is 3.55. The minimum absolute atomic E-state index is 0.0140. The first kappa shape index (κ1) is 23.9. The monoisotopic (exact) mass is 471 g/mol. The third-order valence-corrected chi connectivity index (χ3v) is 7.27. The van der Waals surface area contributed by atoms with Crippen molar-refractivity contribution >= 4 is 28.7 Å². The maximum atomic E-state index is 14.8. The zero-order valence-corrected chi connectivity index (χ0v) is 19.9. The maximum Gasteiger partial charge on any atom is 0.186 e. The minimum atomic E-state index is -0.607. The summed E-state index contributed by atoms with van der Waals surface area (Å²) in [5, 5.41) is 4.67. The third kappa shape index (κ3) is 5.99. The van der Waals surface area contributed by atoms with Crippen molar-refractivity contribution in [2.45, 2.75) is 44.0 Å². The van der Waals surface area contributed by atoms with E-state index < -0.39 is 6.04 Å². The predicted molar refractivity (Wildman–Crippen MR) is 127 cm³/mol. The number of aromatic nitrogens is 2. The van der Waals surface area contributed by atoms with Crippen LogP contribution in [0.3, 0.4) is 0 Å². The summed E-state index contributed by atoms with van der Waals surface area (Å²) in [6, 6.07) is 7.90. The Morgan fingerprint density at radius 2 is 2.06 bits per heavy atom. The van der Waals surface area contributed by atoms with Gasteiger partial charge in [0.05, 0.1) is 24.9 Å². The second-order valence-corrected chi connectivity index (χ2v) is 10.1. The molecule has 1 aromatic carbocycles. The number of Topliss-reactive ketones (excluding diaryl/α,β-unsaturated/α-hetero) is 1. The minimum Gasteiger partial charge on any atom is -0.383 e. The van der Waals surface area contributed by atoms with Crippen molar-refractivity contribution in [3.05, 3.63) is 59.2 Å². The molecular formula is C25H30FN3O3S. The van der Waals surface area contributed by atoms with E-state index in [4.69, 9.17) is 4.74 Å². The number of methoxy groups -OCH3 is 1. The number of piperidine rings is 1. The molecule has 1 saturated heterocycles. The van der Waals surface area contributed by atoms with Crippen LogP contribution in [0.5, 0.6) is 0 Å². The van der Waals surface area contributed by atoms with Gasteiger partial charge in [0, 0.05) is 50.1 Å². The van der Waals surface area contributed by atoms with E-state index in [0.717, 1.165) is 24.1 Å². The molecule has 0 amide bonds. The summed E-state index contributed by atoms with van der Waals surface area (Å²) in [4.78, 5) is 27.2. The first-order chi connectivity index (χ1) is 16.0. The third-order valence-electron chi connectivity index (χ3n) is 6.12. The molecule has 2 aliphatic rings. The van der Waals surface area contributed by atoms with Gasteiger partial charge in [0.2, 0.25) is 0 Å². The van der Waals surface area contributed by atoms with Crippen molar-refractivity contribution in [3.8, 4) is 0 Å². The van der Waals surface area contributed by atoms with Gasteiger partial charge in [-0.1, -0.05) is 30.0 Å². The van der Waals surface area contributed by atoms with Gasteiger partial charge in [0.25, 0.3) is 0 Å². The van der Waals surface area contributed by atoms with Crippen molar-refractivity contribution in [2.24, 2.45) is 5.92 Å². The van der Waals surface area contributed by atoms with Gasteiger partial charge in [-0.25, -0.2) is 4.39 Å². The molecule has 2 atom stereocenters. The summed E-state index contributed by atoms with van der Waals surface area (Å²) >= 11 is 1.32. The average molecular weight is 472 g/mol. The van der Waals surface area contributed by atoms with Crippen molar-refractivity contribution in [1.29, 1.82) is 0 Å². The molecule has 4 rings (SSSR count). The van der Waals surface area contributed by atoms with Crippen molar-refractivity contribution in [1.82, 2.24) is 14.7 Å². The Kier molecular flexibility index (Phi) is 7.78. The summed E-state index contributed by atoms with van der Waals surface area (Å²) in [6.45, 7) is 3.92. The normalized spacial score (nSPS) is 21.3. The standard InChI is InChI=1S/C25H30FN3O3S/c1-17(30)33-23-10-11-28(16-19(23)15-20-9-12-29(27-20)13-14-32-2)24(25(31)18-7-8-18)21-5-3-4-6-22(21)26/h3-6,9,12,15,18,23-24H,7-8,10-11,13-14,16H2,1-2H3. The van der Waals surface area contributed by atoms with Crippen LogP contribution >= 0.6 is 11.8 Å². The summed E-state index contributed by atoms with van der Waals surface area (Å²) in [7, 11) is 1.65. The largest absolute Gasteiger partial charge is 0.383 e. The smallest absolute Gasteiger partial charge is 0.186 e. The summed E-state index contributed by atoms with van der Waals surface area (Å²) in [6.07, 6.45) is 6.38. The van der Waals surface area contributed by atoms with Gasteiger partial charge >= 0.3 is 0 Å². The molecule has 8 heteroatoms. The molecule has 0 bridgehead atoms. The number of thioether (sulfide) groups is 1. The van der Waals surface area contributed by atoms with Crippen molar-refractivity contribution in [2.75, 3.05) is 26.8 Å².